The van der Waals surface area contributed by atoms with E-state index in [1.165, 1.54) is 17.7 Å². The Morgan fingerprint density at radius 1 is 1.12 bits per heavy atom. The van der Waals surface area contributed by atoms with E-state index in [-0.39, 0.29) is 11.7 Å². The van der Waals surface area contributed by atoms with Crippen LogP contribution < -0.4 is 5.01 Å². The standard InChI is InChI=1S/C20H17N3O3/c1-14-4-8-16(9-5-14)22-19(20-3-2-12-26-20)13-18(21-22)15-6-10-17(11-7-15)23(24)25/h2-12,19H,13H2,1H3. The third-order valence-corrected chi connectivity index (χ3v) is 4.49. The zero-order valence-corrected chi connectivity index (χ0v) is 14.2. The van der Waals surface area contributed by atoms with Gasteiger partial charge in [-0.25, -0.2) is 0 Å². The summed E-state index contributed by atoms with van der Waals surface area (Å²) in [6.45, 7) is 2.04. The second-order valence-corrected chi connectivity index (χ2v) is 6.27. The van der Waals surface area contributed by atoms with Crippen molar-refractivity contribution in [1.29, 1.82) is 0 Å². The summed E-state index contributed by atoms with van der Waals surface area (Å²) in [6.07, 6.45) is 2.33. The summed E-state index contributed by atoms with van der Waals surface area (Å²) >= 11 is 0. The molecule has 0 bridgehead atoms. The van der Waals surface area contributed by atoms with Gasteiger partial charge >= 0.3 is 0 Å². The Morgan fingerprint density at radius 2 is 1.85 bits per heavy atom. The summed E-state index contributed by atoms with van der Waals surface area (Å²) in [6, 6.07) is 18.4. The summed E-state index contributed by atoms with van der Waals surface area (Å²) in [5.74, 6) is 0.839. The Morgan fingerprint density at radius 3 is 2.46 bits per heavy atom. The number of aryl methyl sites for hydroxylation is 1. The van der Waals surface area contributed by atoms with Crippen LogP contribution in [0.3, 0.4) is 0 Å². The van der Waals surface area contributed by atoms with Gasteiger partial charge in [0.25, 0.3) is 5.69 Å². The van der Waals surface area contributed by atoms with E-state index < -0.39 is 4.92 Å². The molecule has 6 heteroatoms. The molecular formula is C20H17N3O3. The summed E-state index contributed by atoms with van der Waals surface area (Å²) in [5, 5.41) is 17.6. The quantitative estimate of drug-likeness (QED) is 0.499. The number of non-ortho nitro benzene ring substituents is 1. The maximum Gasteiger partial charge on any atom is 0.269 e. The highest BCUT2D eigenvalue weighted by molar-refractivity contribution is 6.03. The first-order valence-electron chi connectivity index (χ1n) is 8.33. The lowest BCUT2D eigenvalue weighted by molar-refractivity contribution is -0.384. The molecule has 1 aliphatic rings. The SMILES string of the molecule is Cc1ccc(N2N=C(c3ccc([N+](=O)[O-])cc3)CC2c2ccco2)cc1. The number of rotatable bonds is 4. The Labute approximate surface area is 150 Å². The largest absolute Gasteiger partial charge is 0.467 e. The van der Waals surface area contributed by atoms with Crippen molar-refractivity contribution in [2.45, 2.75) is 19.4 Å². The van der Waals surface area contributed by atoms with E-state index in [0.717, 1.165) is 22.7 Å². The highest BCUT2D eigenvalue weighted by atomic mass is 16.6. The molecule has 3 aromatic rings. The normalized spacial score (nSPS) is 16.6. The zero-order valence-electron chi connectivity index (χ0n) is 14.2. The topological polar surface area (TPSA) is 71.9 Å². The molecule has 0 saturated heterocycles. The summed E-state index contributed by atoms with van der Waals surface area (Å²) in [4.78, 5) is 10.5. The molecule has 6 nitrogen and oxygen atoms in total. The maximum atomic E-state index is 10.9. The van der Waals surface area contributed by atoms with Crippen molar-refractivity contribution in [2.75, 3.05) is 5.01 Å². The van der Waals surface area contributed by atoms with Gasteiger partial charge in [0, 0.05) is 18.6 Å². The fourth-order valence-electron chi connectivity index (χ4n) is 3.10. The van der Waals surface area contributed by atoms with Crippen molar-refractivity contribution < 1.29 is 9.34 Å². The molecule has 1 unspecified atom stereocenters. The lowest BCUT2D eigenvalue weighted by Gasteiger charge is -2.21. The van der Waals surface area contributed by atoms with E-state index in [0.29, 0.717) is 6.42 Å². The number of nitro benzene ring substituents is 1. The Bertz CT molecular complexity index is 945. The Kier molecular flexibility index (Phi) is 4.01. The fourth-order valence-corrected chi connectivity index (χ4v) is 3.10. The Hall–Kier alpha value is -3.41. The van der Waals surface area contributed by atoms with Gasteiger partial charge < -0.3 is 4.42 Å². The van der Waals surface area contributed by atoms with Crippen LogP contribution in [0.25, 0.3) is 0 Å². The summed E-state index contributed by atoms with van der Waals surface area (Å²) in [7, 11) is 0. The van der Waals surface area contributed by atoms with Gasteiger partial charge in [-0.2, -0.15) is 5.10 Å². The van der Waals surface area contributed by atoms with Gasteiger partial charge in [0.2, 0.25) is 0 Å². The van der Waals surface area contributed by atoms with E-state index in [4.69, 9.17) is 9.52 Å². The average Bonchev–Trinajstić information content (AvgIpc) is 3.32. The first-order valence-corrected chi connectivity index (χ1v) is 8.33. The highest BCUT2D eigenvalue weighted by Crippen LogP contribution is 2.37. The molecule has 2 aromatic carbocycles. The number of hydrogen-bond acceptors (Lipinski definition) is 5. The number of nitrogens with zero attached hydrogens (tertiary/aromatic N) is 3. The molecule has 0 aliphatic carbocycles. The molecule has 1 aromatic heterocycles. The number of nitro groups is 1. The van der Waals surface area contributed by atoms with Gasteiger partial charge in [0.05, 0.1) is 22.6 Å². The van der Waals surface area contributed by atoms with Crippen LogP contribution in [-0.2, 0) is 0 Å². The third-order valence-electron chi connectivity index (χ3n) is 4.49. The third kappa shape index (κ3) is 2.97. The molecule has 0 fully saturated rings. The molecule has 1 aliphatic heterocycles. The van der Waals surface area contributed by atoms with Gasteiger partial charge in [-0.3, -0.25) is 15.1 Å². The lowest BCUT2D eigenvalue weighted by Crippen LogP contribution is -2.17. The van der Waals surface area contributed by atoms with Gasteiger partial charge in [-0.15, -0.1) is 0 Å². The Balaban J connectivity index is 1.70. The van der Waals surface area contributed by atoms with E-state index in [1.54, 1.807) is 18.4 Å². The van der Waals surface area contributed by atoms with Gasteiger partial charge in [0.15, 0.2) is 0 Å². The van der Waals surface area contributed by atoms with E-state index in [2.05, 4.69) is 0 Å². The zero-order chi connectivity index (χ0) is 18.1. The monoisotopic (exact) mass is 347 g/mol. The van der Waals surface area contributed by atoms with Crippen LogP contribution >= 0.6 is 0 Å². The molecule has 0 spiro atoms. The molecule has 1 atom stereocenters. The van der Waals surface area contributed by atoms with Crippen molar-refractivity contribution in [1.82, 2.24) is 0 Å². The van der Waals surface area contributed by atoms with E-state index >= 15 is 0 Å². The van der Waals surface area contributed by atoms with Crippen LogP contribution in [0.2, 0.25) is 0 Å². The highest BCUT2D eigenvalue weighted by Gasteiger charge is 2.31. The maximum absolute atomic E-state index is 10.9. The lowest BCUT2D eigenvalue weighted by atomic mass is 10.0. The van der Waals surface area contributed by atoms with Crippen molar-refractivity contribution in [3.05, 3.63) is 93.9 Å². The molecule has 0 amide bonds. The van der Waals surface area contributed by atoms with Crippen molar-refractivity contribution in [3.8, 4) is 0 Å². The summed E-state index contributed by atoms with van der Waals surface area (Å²) < 4.78 is 5.62. The van der Waals surface area contributed by atoms with Crippen molar-refractivity contribution in [2.24, 2.45) is 5.10 Å². The summed E-state index contributed by atoms with van der Waals surface area (Å²) in [5.41, 5.74) is 3.99. The fraction of sp³-hybridized carbons (Fsp3) is 0.150. The van der Waals surface area contributed by atoms with Crippen LogP contribution in [-0.4, -0.2) is 10.6 Å². The van der Waals surface area contributed by atoms with Crippen LogP contribution in [0.1, 0.15) is 29.3 Å². The second-order valence-electron chi connectivity index (χ2n) is 6.27. The molecule has 0 saturated carbocycles. The van der Waals surface area contributed by atoms with Crippen LogP contribution in [0.4, 0.5) is 11.4 Å². The van der Waals surface area contributed by atoms with Crippen LogP contribution in [0.15, 0.2) is 76.4 Å². The molecule has 0 N–H and O–H groups in total. The van der Waals surface area contributed by atoms with Crippen LogP contribution in [0, 0.1) is 17.0 Å². The van der Waals surface area contributed by atoms with E-state index in [1.807, 2.05) is 48.3 Å². The number of furan rings is 1. The first kappa shape index (κ1) is 16.1. The molecule has 0 radical (unpaired) electrons. The van der Waals surface area contributed by atoms with E-state index in [9.17, 15) is 10.1 Å². The number of anilines is 1. The van der Waals surface area contributed by atoms with Crippen molar-refractivity contribution in [3.63, 3.8) is 0 Å². The second kappa shape index (κ2) is 6.48. The number of hydrazone groups is 1. The molecular weight excluding hydrogens is 330 g/mol. The first-order chi connectivity index (χ1) is 12.6. The van der Waals surface area contributed by atoms with Crippen molar-refractivity contribution >= 4 is 17.1 Å². The molecule has 2 heterocycles. The minimum absolute atomic E-state index is 0.0436. The smallest absolute Gasteiger partial charge is 0.269 e. The number of hydrogen-bond donors (Lipinski definition) is 0. The van der Waals surface area contributed by atoms with Gasteiger partial charge in [-0.05, 0) is 48.9 Å². The predicted molar refractivity (Wildman–Crippen MR) is 99.4 cm³/mol. The minimum atomic E-state index is -0.398. The number of benzene rings is 2. The molecule has 26 heavy (non-hydrogen) atoms. The molecule has 4 rings (SSSR count). The predicted octanol–water partition coefficient (Wildman–Crippen LogP) is 4.85. The van der Waals surface area contributed by atoms with Gasteiger partial charge in [0.1, 0.15) is 11.8 Å². The molecule has 130 valence electrons. The van der Waals surface area contributed by atoms with Crippen LogP contribution in [0.5, 0.6) is 0 Å². The average molecular weight is 347 g/mol. The minimum Gasteiger partial charge on any atom is -0.467 e. The van der Waals surface area contributed by atoms with Gasteiger partial charge in [-0.1, -0.05) is 17.7 Å².